The van der Waals surface area contributed by atoms with Gasteiger partial charge in [-0.1, -0.05) is 127 Å². The molecule has 0 saturated heterocycles. The van der Waals surface area contributed by atoms with Crippen LogP contribution in [0, 0.1) is 0 Å². The second-order valence-corrected chi connectivity index (χ2v) is 8.91. The highest BCUT2D eigenvalue weighted by atomic mass is 15.3. The average molecular weight is 460 g/mol. The van der Waals surface area contributed by atoms with Crippen LogP contribution in [0.25, 0.3) is 66.0 Å². The predicted octanol–water partition coefficient (Wildman–Crippen LogP) is 8.33. The predicted molar refractivity (Wildman–Crippen MR) is 149 cm³/mol. The molecular weight excluding hydrogens is 438 g/mol. The molecule has 168 valence electrons. The molecule has 1 heterocycles. The van der Waals surface area contributed by atoms with E-state index in [-0.39, 0.29) is 0 Å². The summed E-state index contributed by atoms with van der Waals surface area (Å²) in [6.07, 6.45) is 0. The molecule has 6 aromatic carbocycles. The smallest absolute Gasteiger partial charge is 0.105 e. The second-order valence-electron chi connectivity index (χ2n) is 8.91. The van der Waals surface area contributed by atoms with Gasteiger partial charge in [0.15, 0.2) is 0 Å². The normalized spacial score (nSPS) is 11.3. The lowest BCUT2D eigenvalue weighted by atomic mass is 9.88. The SMILES string of the molecule is c1ccc(-c2nnnc(-c3cccc4c5ccccc5c5ccccc5c34)c2-c2ccccc2)cc1. The van der Waals surface area contributed by atoms with Crippen molar-refractivity contribution in [2.45, 2.75) is 0 Å². The van der Waals surface area contributed by atoms with Gasteiger partial charge in [0.2, 0.25) is 0 Å². The lowest BCUT2D eigenvalue weighted by Crippen LogP contribution is -2.00. The van der Waals surface area contributed by atoms with Crippen LogP contribution in [0.2, 0.25) is 0 Å². The van der Waals surface area contributed by atoms with E-state index < -0.39 is 0 Å². The highest BCUT2D eigenvalue weighted by Crippen LogP contribution is 2.43. The molecule has 0 fully saturated rings. The Morgan fingerprint density at radius 1 is 0.361 bits per heavy atom. The maximum atomic E-state index is 4.69. The number of benzene rings is 6. The first-order valence-electron chi connectivity index (χ1n) is 12.1. The Kier molecular flexibility index (Phi) is 4.78. The van der Waals surface area contributed by atoms with Crippen molar-refractivity contribution in [3.63, 3.8) is 0 Å². The third-order valence-corrected chi connectivity index (χ3v) is 6.90. The van der Waals surface area contributed by atoms with Gasteiger partial charge in [-0.05, 0) is 43.1 Å². The summed E-state index contributed by atoms with van der Waals surface area (Å²) in [6.45, 7) is 0. The average Bonchev–Trinajstić information content (AvgIpc) is 2.97. The van der Waals surface area contributed by atoms with E-state index in [4.69, 9.17) is 0 Å². The molecule has 3 nitrogen and oxygen atoms in total. The standard InChI is InChI=1S/C33H21N3/c1-3-12-22(13-4-1)30-32(23-14-5-2-6-15-23)34-36-35-33(30)29-21-11-20-28-26-17-8-7-16-24(26)25-18-9-10-19-27(25)31(28)29/h1-21H. The zero-order valence-corrected chi connectivity index (χ0v) is 19.5. The Balaban J connectivity index is 1.66. The molecule has 0 aliphatic heterocycles. The summed E-state index contributed by atoms with van der Waals surface area (Å²) in [5.41, 5.74) is 5.79. The summed E-state index contributed by atoms with van der Waals surface area (Å²) in [6, 6.07) is 44.4. The van der Waals surface area contributed by atoms with Gasteiger partial charge in [-0.2, -0.15) is 0 Å². The first kappa shape index (κ1) is 20.5. The van der Waals surface area contributed by atoms with Gasteiger partial charge in [-0.15, -0.1) is 10.2 Å². The molecule has 7 aromatic rings. The van der Waals surface area contributed by atoms with E-state index in [2.05, 4.69) is 119 Å². The fourth-order valence-electron chi connectivity index (χ4n) is 5.34. The molecule has 3 heteroatoms. The lowest BCUT2D eigenvalue weighted by Gasteiger charge is -2.17. The number of nitrogens with zero attached hydrogens (tertiary/aromatic N) is 3. The highest BCUT2D eigenvalue weighted by Gasteiger charge is 2.21. The van der Waals surface area contributed by atoms with E-state index in [1.54, 1.807) is 0 Å². The molecule has 7 rings (SSSR count). The van der Waals surface area contributed by atoms with Gasteiger partial charge in [-0.3, -0.25) is 0 Å². The maximum absolute atomic E-state index is 4.69. The minimum absolute atomic E-state index is 0.828. The Morgan fingerprint density at radius 2 is 0.833 bits per heavy atom. The van der Waals surface area contributed by atoms with Crippen molar-refractivity contribution in [1.82, 2.24) is 15.4 Å². The van der Waals surface area contributed by atoms with Crippen LogP contribution in [0.1, 0.15) is 0 Å². The number of aromatic nitrogens is 3. The van der Waals surface area contributed by atoms with Gasteiger partial charge in [0.25, 0.3) is 0 Å². The second kappa shape index (κ2) is 8.40. The molecule has 36 heavy (non-hydrogen) atoms. The van der Waals surface area contributed by atoms with Crippen LogP contribution >= 0.6 is 0 Å². The number of fused-ring (bicyclic) bond motifs is 6. The molecule has 1 aromatic heterocycles. The summed E-state index contributed by atoms with van der Waals surface area (Å²) < 4.78 is 0. The molecule has 0 spiro atoms. The quantitative estimate of drug-likeness (QED) is 0.249. The highest BCUT2D eigenvalue weighted by molar-refractivity contribution is 6.28. The van der Waals surface area contributed by atoms with E-state index in [0.29, 0.717) is 0 Å². The molecule has 0 atom stereocenters. The zero-order chi connectivity index (χ0) is 23.9. The van der Waals surface area contributed by atoms with Gasteiger partial charge in [-0.25, -0.2) is 0 Å². The Labute approximate surface area is 208 Å². The van der Waals surface area contributed by atoms with Crippen molar-refractivity contribution in [2.75, 3.05) is 0 Å². The molecule has 0 unspecified atom stereocenters. The van der Waals surface area contributed by atoms with Gasteiger partial charge in [0.05, 0.1) is 0 Å². The fourth-order valence-corrected chi connectivity index (χ4v) is 5.34. The fraction of sp³-hybridized carbons (Fsp3) is 0. The van der Waals surface area contributed by atoms with E-state index >= 15 is 0 Å². The zero-order valence-electron chi connectivity index (χ0n) is 19.5. The topological polar surface area (TPSA) is 38.7 Å². The molecular formula is C33H21N3. The van der Waals surface area contributed by atoms with Gasteiger partial charge < -0.3 is 0 Å². The lowest BCUT2D eigenvalue weighted by molar-refractivity contribution is 0.879. The summed E-state index contributed by atoms with van der Waals surface area (Å²) in [5.74, 6) is 0. The summed E-state index contributed by atoms with van der Waals surface area (Å²) in [4.78, 5) is 0. The molecule has 0 bridgehead atoms. The van der Waals surface area contributed by atoms with Crippen molar-refractivity contribution in [2.24, 2.45) is 0 Å². The van der Waals surface area contributed by atoms with Crippen LogP contribution in [0.3, 0.4) is 0 Å². The first-order chi connectivity index (χ1) is 17.9. The minimum atomic E-state index is 0.828. The van der Waals surface area contributed by atoms with Crippen LogP contribution in [-0.4, -0.2) is 15.4 Å². The molecule has 0 aliphatic rings. The van der Waals surface area contributed by atoms with Crippen molar-refractivity contribution in [3.8, 4) is 33.6 Å². The van der Waals surface area contributed by atoms with Crippen molar-refractivity contribution < 1.29 is 0 Å². The van der Waals surface area contributed by atoms with Crippen molar-refractivity contribution in [3.05, 3.63) is 127 Å². The monoisotopic (exact) mass is 459 g/mol. The summed E-state index contributed by atoms with van der Waals surface area (Å²) in [5, 5.41) is 20.8. The van der Waals surface area contributed by atoms with Gasteiger partial charge >= 0.3 is 0 Å². The van der Waals surface area contributed by atoms with E-state index in [9.17, 15) is 0 Å². The largest absolute Gasteiger partial charge is 0.129 e. The summed E-state index contributed by atoms with van der Waals surface area (Å²) >= 11 is 0. The van der Waals surface area contributed by atoms with Crippen LogP contribution < -0.4 is 0 Å². The Bertz CT molecular complexity index is 1830. The van der Waals surface area contributed by atoms with Gasteiger partial charge in [0.1, 0.15) is 11.4 Å². The van der Waals surface area contributed by atoms with Crippen LogP contribution in [0.5, 0.6) is 0 Å². The van der Waals surface area contributed by atoms with Gasteiger partial charge in [0, 0.05) is 16.7 Å². The van der Waals surface area contributed by atoms with E-state index in [0.717, 1.165) is 33.6 Å². The summed E-state index contributed by atoms with van der Waals surface area (Å²) in [7, 11) is 0. The van der Waals surface area contributed by atoms with Crippen LogP contribution in [0.15, 0.2) is 127 Å². The molecule has 0 amide bonds. The third kappa shape index (κ3) is 3.18. The molecule has 0 aliphatic carbocycles. The minimum Gasteiger partial charge on any atom is -0.129 e. The van der Waals surface area contributed by atoms with E-state index in [1.165, 1.54) is 32.3 Å². The number of hydrogen-bond donors (Lipinski definition) is 0. The van der Waals surface area contributed by atoms with E-state index in [1.807, 2.05) is 24.3 Å². The Morgan fingerprint density at radius 3 is 1.47 bits per heavy atom. The van der Waals surface area contributed by atoms with Crippen LogP contribution in [0.4, 0.5) is 0 Å². The maximum Gasteiger partial charge on any atom is 0.105 e. The molecule has 0 saturated carbocycles. The first-order valence-corrected chi connectivity index (χ1v) is 12.1. The van der Waals surface area contributed by atoms with Crippen LogP contribution in [-0.2, 0) is 0 Å². The Hall–Kier alpha value is -4.89. The molecule has 0 radical (unpaired) electrons. The molecule has 0 N–H and O–H groups in total. The third-order valence-electron chi connectivity index (χ3n) is 6.90. The number of rotatable bonds is 3. The van der Waals surface area contributed by atoms with Crippen molar-refractivity contribution >= 4 is 32.3 Å². The van der Waals surface area contributed by atoms with Crippen molar-refractivity contribution in [1.29, 1.82) is 0 Å². The number of hydrogen-bond acceptors (Lipinski definition) is 3.